The average Bonchev–Trinajstić information content (AvgIpc) is 2.64. The summed E-state index contributed by atoms with van der Waals surface area (Å²) in [5.41, 5.74) is -0.620. The Hall–Kier alpha value is -1.06. The highest BCUT2D eigenvalue weighted by Crippen LogP contribution is 2.42. The molecule has 2 fully saturated rings. The van der Waals surface area contributed by atoms with E-state index < -0.39 is 5.54 Å². The molecule has 0 bridgehead atoms. The summed E-state index contributed by atoms with van der Waals surface area (Å²) in [6.07, 6.45) is 1.87. The molecule has 2 unspecified atom stereocenters. The van der Waals surface area contributed by atoms with E-state index in [1.165, 1.54) is 7.11 Å². The third-order valence-electron chi connectivity index (χ3n) is 3.32. The average molecular weight is 197 g/mol. The number of hydrogen-bond acceptors (Lipinski definition) is 3. The first-order valence-electron chi connectivity index (χ1n) is 4.99. The van der Waals surface area contributed by atoms with Gasteiger partial charge in [0.05, 0.1) is 7.11 Å². The zero-order valence-corrected chi connectivity index (χ0v) is 8.58. The molecule has 0 aromatic rings. The Kier molecular flexibility index (Phi) is 2.01. The van der Waals surface area contributed by atoms with E-state index in [-0.39, 0.29) is 11.9 Å². The Morgan fingerprint density at radius 3 is 3.00 bits per heavy atom. The quantitative estimate of drug-likeness (QED) is 0.577. The van der Waals surface area contributed by atoms with Gasteiger partial charge in [-0.3, -0.25) is 4.79 Å². The third-order valence-corrected chi connectivity index (χ3v) is 3.32. The molecule has 0 N–H and O–H groups in total. The van der Waals surface area contributed by atoms with Crippen LogP contribution in [-0.4, -0.2) is 36.0 Å². The van der Waals surface area contributed by atoms with E-state index in [1.54, 1.807) is 4.90 Å². The first-order valence-corrected chi connectivity index (χ1v) is 4.99. The van der Waals surface area contributed by atoms with Crippen molar-refractivity contribution in [3.8, 4) is 0 Å². The van der Waals surface area contributed by atoms with E-state index in [1.807, 2.05) is 0 Å². The molecular weight excluding hydrogens is 182 g/mol. The lowest BCUT2D eigenvalue weighted by atomic mass is 9.91. The summed E-state index contributed by atoms with van der Waals surface area (Å²) in [7, 11) is 1.39. The van der Waals surface area contributed by atoms with Crippen molar-refractivity contribution in [3.63, 3.8) is 0 Å². The number of ether oxygens (including phenoxy) is 1. The third kappa shape index (κ3) is 1.06. The molecule has 2 atom stereocenters. The summed E-state index contributed by atoms with van der Waals surface area (Å²) in [6.45, 7) is 2.77. The lowest BCUT2D eigenvalue weighted by Gasteiger charge is -2.28. The predicted octanol–water partition coefficient (Wildman–Crippen LogP) is 0.560. The highest BCUT2D eigenvalue weighted by molar-refractivity contribution is 5.92. The Morgan fingerprint density at radius 2 is 2.36 bits per heavy atom. The van der Waals surface area contributed by atoms with E-state index in [4.69, 9.17) is 4.74 Å². The molecule has 2 rings (SSSR count). The maximum absolute atomic E-state index is 11.7. The van der Waals surface area contributed by atoms with Gasteiger partial charge in [-0.2, -0.15) is 0 Å². The van der Waals surface area contributed by atoms with Gasteiger partial charge < -0.3 is 9.64 Å². The molecule has 0 aromatic heterocycles. The highest BCUT2D eigenvalue weighted by Gasteiger charge is 2.56. The van der Waals surface area contributed by atoms with Crippen molar-refractivity contribution >= 4 is 11.9 Å². The minimum atomic E-state index is -0.620. The molecule has 0 aromatic carbocycles. The van der Waals surface area contributed by atoms with Crippen LogP contribution in [0.25, 0.3) is 0 Å². The van der Waals surface area contributed by atoms with Crippen LogP contribution >= 0.6 is 0 Å². The molecule has 0 aliphatic carbocycles. The molecule has 2 aliphatic heterocycles. The number of rotatable bonds is 1. The zero-order chi connectivity index (χ0) is 10.3. The van der Waals surface area contributed by atoms with Crippen molar-refractivity contribution in [1.29, 1.82) is 0 Å². The largest absolute Gasteiger partial charge is 0.467 e. The molecule has 4 nitrogen and oxygen atoms in total. The second kappa shape index (κ2) is 2.97. The van der Waals surface area contributed by atoms with Gasteiger partial charge in [0.25, 0.3) is 0 Å². The molecule has 1 amide bonds. The second-order valence-corrected chi connectivity index (χ2v) is 4.34. The Morgan fingerprint density at radius 1 is 1.64 bits per heavy atom. The number of carbonyl (C=O) groups excluding carboxylic acids is 2. The smallest absolute Gasteiger partial charge is 0.331 e. The summed E-state index contributed by atoms with van der Waals surface area (Å²) < 4.78 is 4.80. The summed E-state index contributed by atoms with van der Waals surface area (Å²) >= 11 is 0. The maximum atomic E-state index is 11.7. The number of amides is 1. The monoisotopic (exact) mass is 197 g/mol. The van der Waals surface area contributed by atoms with Crippen LogP contribution in [0.4, 0.5) is 0 Å². The van der Waals surface area contributed by atoms with Gasteiger partial charge in [0.2, 0.25) is 5.91 Å². The predicted molar refractivity (Wildman–Crippen MR) is 49.5 cm³/mol. The van der Waals surface area contributed by atoms with Gasteiger partial charge in [0, 0.05) is 13.0 Å². The van der Waals surface area contributed by atoms with E-state index in [0.29, 0.717) is 25.3 Å². The van der Waals surface area contributed by atoms with Crippen molar-refractivity contribution in [2.24, 2.45) is 5.92 Å². The van der Waals surface area contributed by atoms with E-state index in [0.717, 1.165) is 6.42 Å². The zero-order valence-electron chi connectivity index (χ0n) is 8.58. The molecule has 14 heavy (non-hydrogen) atoms. The maximum Gasteiger partial charge on any atom is 0.331 e. The van der Waals surface area contributed by atoms with Crippen molar-refractivity contribution in [1.82, 2.24) is 4.90 Å². The van der Waals surface area contributed by atoms with Gasteiger partial charge in [-0.05, 0) is 18.8 Å². The lowest BCUT2D eigenvalue weighted by Crippen LogP contribution is -2.47. The molecule has 4 heteroatoms. The van der Waals surface area contributed by atoms with E-state index in [9.17, 15) is 9.59 Å². The van der Waals surface area contributed by atoms with Crippen LogP contribution in [0.3, 0.4) is 0 Å². The SMILES string of the molecule is COC(=O)C12CCC(=O)N1CC(C)C2. The fourth-order valence-corrected chi connectivity index (χ4v) is 2.75. The fourth-order valence-electron chi connectivity index (χ4n) is 2.75. The van der Waals surface area contributed by atoms with Gasteiger partial charge >= 0.3 is 5.97 Å². The van der Waals surface area contributed by atoms with Crippen LogP contribution in [0, 0.1) is 5.92 Å². The molecule has 2 aliphatic rings. The van der Waals surface area contributed by atoms with Crippen LogP contribution in [0.2, 0.25) is 0 Å². The number of fused-ring (bicyclic) bond motifs is 1. The van der Waals surface area contributed by atoms with Crippen molar-refractivity contribution in [3.05, 3.63) is 0 Å². The number of nitrogens with zero attached hydrogens (tertiary/aromatic N) is 1. The number of carbonyl (C=O) groups is 2. The molecule has 2 saturated heterocycles. The first-order chi connectivity index (χ1) is 6.60. The van der Waals surface area contributed by atoms with Crippen molar-refractivity contribution in [2.75, 3.05) is 13.7 Å². The van der Waals surface area contributed by atoms with Crippen LogP contribution in [-0.2, 0) is 14.3 Å². The highest BCUT2D eigenvalue weighted by atomic mass is 16.5. The Labute approximate surface area is 83.2 Å². The van der Waals surface area contributed by atoms with Crippen LogP contribution < -0.4 is 0 Å². The Bertz CT molecular complexity index is 289. The number of methoxy groups -OCH3 is 1. The van der Waals surface area contributed by atoms with E-state index >= 15 is 0 Å². The van der Waals surface area contributed by atoms with Gasteiger partial charge in [-0.15, -0.1) is 0 Å². The van der Waals surface area contributed by atoms with Gasteiger partial charge in [-0.1, -0.05) is 6.92 Å². The lowest BCUT2D eigenvalue weighted by molar-refractivity contribution is -0.155. The summed E-state index contributed by atoms with van der Waals surface area (Å²) in [5.74, 6) is 0.255. The molecule has 2 heterocycles. The number of esters is 1. The summed E-state index contributed by atoms with van der Waals surface area (Å²) in [4.78, 5) is 24.9. The minimum Gasteiger partial charge on any atom is -0.467 e. The van der Waals surface area contributed by atoms with Crippen LogP contribution in [0.5, 0.6) is 0 Å². The fraction of sp³-hybridized carbons (Fsp3) is 0.800. The molecular formula is C10H15NO3. The second-order valence-electron chi connectivity index (χ2n) is 4.34. The van der Waals surface area contributed by atoms with Crippen molar-refractivity contribution in [2.45, 2.75) is 31.7 Å². The van der Waals surface area contributed by atoms with Gasteiger partial charge in [0.15, 0.2) is 0 Å². The van der Waals surface area contributed by atoms with Crippen LogP contribution in [0.15, 0.2) is 0 Å². The summed E-state index contributed by atoms with van der Waals surface area (Å²) in [5, 5.41) is 0. The van der Waals surface area contributed by atoms with Gasteiger partial charge in [0.1, 0.15) is 5.54 Å². The van der Waals surface area contributed by atoms with Crippen LogP contribution in [0.1, 0.15) is 26.2 Å². The van der Waals surface area contributed by atoms with E-state index in [2.05, 4.69) is 6.92 Å². The molecule has 0 radical (unpaired) electrons. The first kappa shape index (κ1) is 9.49. The van der Waals surface area contributed by atoms with Gasteiger partial charge in [-0.25, -0.2) is 4.79 Å². The number of hydrogen-bond donors (Lipinski definition) is 0. The molecule has 0 spiro atoms. The molecule has 0 saturated carbocycles. The minimum absolute atomic E-state index is 0.0970. The summed E-state index contributed by atoms with van der Waals surface area (Å²) in [6, 6.07) is 0. The molecule has 78 valence electrons. The Balaban J connectivity index is 2.31. The van der Waals surface area contributed by atoms with Crippen molar-refractivity contribution < 1.29 is 14.3 Å². The topological polar surface area (TPSA) is 46.6 Å². The standard InChI is InChI=1S/C10H15NO3/c1-7-5-10(9(13)14-2)4-3-8(12)11(10)6-7/h7H,3-6H2,1-2H3. The normalized spacial score (nSPS) is 36.0.